The SMILES string of the molecule is COC(OC)C(C)NC(=O)C1(C(C)C)CCNC1. The summed E-state index contributed by atoms with van der Waals surface area (Å²) in [6.45, 7) is 7.74. The van der Waals surface area contributed by atoms with Crippen LogP contribution < -0.4 is 10.6 Å². The van der Waals surface area contributed by atoms with Crippen LogP contribution in [0.2, 0.25) is 0 Å². The quantitative estimate of drug-likeness (QED) is 0.690. The summed E-state index contributed by atoms with van der Waals surface area (Å²) >= 11 is 0. The van der Waals surface area contributed by atoms with Crippen LogP contribution in [0.1, 0.15) is 27.2 Å². The van der Waals surface area contributed by atoms with Crippen LogP contribution in [0, 0.1) is 11.3 Å². The van der Waals surface area contributed by atoms with Gasteiger partial charge in [0, 0.05) is 20.8 Å². The Bertz CT molecular complexity index is 271. The first-order chi connectivity index (χ1) is 8.47. The molecular formula is C13H26N2O3. The molecule has 1 amide bonds. The lowest BCUT2D eigenvalue weighted by atomic mass is 9.75. The van der Waals surface area contributed by atoms with E-state index < -0.39 is 6.29 Å². The first-order valence-corrected chi connectivity index (χ1v) is 6.55. The van der Waals surface area contributed by atoms with Crippen LogP contribution in [0.5, 0.6) is 0 Å². The van der Waals surface area contributed by atoms with Gasteiger partial charge >= 0.3 is 0 Å². The van der Waals surface area contributed by atoms with E-state index in [1.165, 1.54) is 0 Å². The first kappa shape index (κ1) is 15.4. The highest BCUT2D eigenvalue weighted by Crippen LogP contribution is 2.34. The maximum Gasteiger partial charge on any atom is 0.228 e. The van der Waals surface area contributed by atoms with Gasteiger partial charge in [-0.25, -0.2) is 0 Å². The Morgan fingerprint density at radius 2 is 1.89 bits per heavy atom. The minimum atomic E-state index is -0.410. The number of carbonyl (C=O) groups is 1. The van der Waals surface area contributed by atoms with Crippen LogP contribution in [0.15, 0.2) is 0 Å². The van der Waals surface area contributed by atoms with Gasteiger partial charge in [-0.05, 0) is 25.8 Å². The molecule has 0 aliphatic carbocycles. The van der Waals surface area contributed by atoms with Gasteiger partial charge in [0.15, 0.2) is 6.29 Å². The van der Waals surface area contributed by atoms with Gasteiger partial charge < -0.3 is 20.1 Å². The van der Waals surface area contributed by atoms with Crippen molar-refractivity contribution in [1.82, 2.24) is 10.6 Å². The van der Waals surface area contributed by atoms with Gasteiger partial charge in [0.25, 0.3) is 0 Å². The van der Waals surface area contributed by atoms with Crippen LogP contribution in [0.4, 0.5) is 0 Å². The van der Waals surface area contributed by atoms with Crippen LogP contribution in [-0.4, -0.2) is 45.5 Å². The van der Waals surface area contributed by atoms with Crippen molar-refractivity contribution in [2.75, 3.05) is 27.3 Å². The molecule has 1 heterocycles. The largest absolute Gasteiger partial charge is 0.354 e. The van der Waals surface area contributed by atoms with Gasteiger partial charge in [-0.1, -0.05) is 13.8 Å². The fraction of sp³-hybridized carbons (Fsp3) is 0.923. The molecule has 2 atom stereocenters. The summed E-state index contributed by atoms with van der Waals surface area (Å²) in [5.74, 6) is 0.400. The number of carbonyl (C=O) groups excluding carboxylic acids is 1. The van der Waals surface area contributed by atoms with Crippen molar-refractivity contribution in [3.63, 3.8) is 0 Å². The third-order valence-corrected chi connectivity index (χ3v) is 3.98. The summed E-state index contributed by atoms with van der Waals surface area (Å²) in [5, 5.41) is 6.30. The fourth-order valence-corrected chi connectivity index (χ4v) is 2.58. The number of hydrogen-bond donors (Lipinski definition) is 2. The molecule has 0 spiro atoms. The van der Waals surface area contributed by atoms with Gasteiger partial charge in [-0.2, -0.15) is 0 Å². The lowest BCUT2D eigenvalue weighted by Gasteiger charge is -2.33. The predicted octanol–water partition coefficient (Wildman–Crippen LogP) is 0.746. The lowest BCUT2D eigenvalue weighted by molar-refractivity contribution is -0.144. The molecule has 18 heavy (non-hydrogen) atoms. The molecule has 0 bridgehead atoms. The van der Waals surface area contributed by atoms with E-state index in [-0.39, 0.29) is 17.4 Å². The van der Waals surface area contributed by atoms with E-state index in [2.05, 4.69) is 24.5 Å². The number of nitrogens with one attached hydrogen (secondary N) is 2. The summed E-state index contributed by atoms with van der Waals surface area (Å²) in [4.78, 5) is 12.5. The smallest absolute Gasteiger partial charge is 0.228 e. The second-order valence-corrected chi connectivity index (χ2v) is 5.34. The van der Waals surface area contributed by atoms with Crippen molar-refractivity contribution in [1.29, 1.82) is 0 Å². The summed E-state index contributed by atoms with van der Waals surface area (Å²) in [7, 11) is 3.15. The zero-order valence-electron chi connectivity index (χ0n) is 12.1. The minimum absolute atomic E-state index is 0.0918. The summed E-state index contributed by atoms with van der Waals surface area (Å²) < 4.78 is 10.3. The Hall–Kier alpha value is -0.650. The maximum absolute atomic E-state index is 12.5. The van der Waals surface area contributed by atoms with Crippen molar-refractivity contribution in [2.24, 2.45) is 11.3 Å². The Morgan fingerprint density at radius 1 is 1.28 bits per heavy atom. The first-order valence-electron chi connectivity index (χ1n) is 6.55. The van der Waals surface area contributed by atoms with Crippen molar-refractivity contribution in [3.8, 4) is 0 Å². The summed E-state index contributed by atoms with van der Waals surface area (Å²) in [5.41, 5.74) is -0.305. The average Bonchev–Trinajstić information content (AvgIpc) is 2.80. The van der Waals surface area contributed by atoms with Crippen LogP contribution in [0.3, 0.4) is 0 Å². The highest BCUT2D eigenvalue weighted by Gasteiger charge is 2.44. The summed E-state index contributed by atoms with van der Waals surface area (Å²) in [6.07, 6.45) is 0.473. The van der Waals surface area contributed by atoms with Crippen molar-refractivity contribution < 1.29 is 14.3 Å². The molecule has 0 aromatic rings. The number of ether oxygens (including phenoxy) is 2. The molecule has 0 aromatic carbocycles. The van der Waals surface area contributed by atoms with E-state index in [9.17, 15) is 4.79 Å². The Labute approximate surface area is 110 Å². The number of hydrogen-bond acceptors (Lipinski definition) is 4. The Kier molecular flexibility index (Phi) is 5.56. The molecular weight excluding hydrogens is 232 g/mol. The lowest BCUT2D eigenvalue weighted by Crippen LogP contribution is -2.52. The molecule has 5 heteroatoms. The zero-order chi connectivity index (χ0) is 13.8. The second-order valence-electron chi connectivity index (χ2n) is 5.34. The van der Waals surface area contributed by atoms with E-state index in [0.717, 1.165) is 19.5 Å². The normalized spacial score (nSPS) is 25.7. The van der Waals surface area contributed by atoms with Gasteiger partial charge in [-0.3, -0.25) is 4.79 Å². The molecule has 1 aliphatic rings. The second kappa shape index (κ2) is 6.50. The molecule has 1 aliphatic heterocycles. The molecule has 106 valence electrons. The zero-order valence-corrected chi connectivity index (χ0v) is 12.1. The Balaban J connectivity index is 2.68. The average molecular weight is 258 g/mol. The monoisotopic (exact) mass is 258 g/mol. The van der Waals surface area contributed by atoms with Gasteiger partial charge in [0.2, 0.25) is 5.91 Å². The summed E-state index contributed by atoms with van der Waals surface area (Å²) in [6, 6.07) is -0.163. The van der Waals surface area contributed by atoms with Crippen LogP contribution in [0.25, 0.3) is 0 Å². The molecule has 5 nitrogen and oxygen atoms in total. The molecule has 0 aromatic heterocycles. The van der Waals surface area contributed by atoms with E-state index in [0.29, 0.717) is 5.92 Å². The third-order valence-electron chi connectivity index (χ3n) is 3.98. The maximum atomic E-state index is 12.5. The van der Waals surface area contributed by atoms with Crippen molar-refractivity contribution in [3.05, 3.63) is 0 Å². The highest BCUT2D eigenvalue weighted by atomic mass is 16.7. The standard InChI is InChI=1S/C13H26N2O3/c1-9(2)13(6-7-14-8-13)12(16)15-10(3)11(17-4)18-5/h9-11,14H,6-8H2,1-5H3,(H,15,16). The van der Waals surface area contributed by atoms with E-state index in [4.69, 9.17) is 9.47 Å². The molecule has 1 saturated heterocycles. The fourth-order valence-electron chi connectivity index (χ4n) is 2.58. The molecule has 2 N–H and O–H groups in total. The molecule has 0 saturated carbocycles. The van der Waals surface area contributed by atoms with Gasteiger partial charge in [0.1, 0.15) is 0 Å². The topological polar surface area (TPSA) is 59.6 Å². The van der Waals surface area contributed by atoms with Crippen LogP contribution in [-0.2, 0) is 14.3 Å². The van der Waals surface area contributed by atoms with E-state index >= 15 is 0 Å². The molecule has 2 unspecified atom stereocenters. The Morgan fingerprint density at radius 3 is 2.28 bits per heavy atom. The van der Waals surface area contributed by atoms with Crippen molar-refractivity contribution in [2.45, 2.75) is 39.5 Å². The number of rotatable bonds is 6. The number of amides is 1. The highest BCUT2D eigenvalue weighted by molar-refractivity contribution is 5.83. The van der Waals surface area contributed by atoms with Gasteiger partial charge in [-0.15, -0.1) is 0 Å². The van der Waals surface area contributed by atoms with Crippen LogP contribution >= 0.6 is 0 Å². The third kappa shape index (κ3) is 3.02. The van der Waals surface area contributed by atoms with Crippen molar-refractivity contribution >= 4 is 5.91 Å². The van der Waals surface area contributed by atoms with E-state index in [1.807, 2.05) is 6.92 Å². The molecule has 0 radical (unpaired) electrons. The molecule has 1 rings (SSSR count). The van der Waals surface area contributed by atoms with Gasteiger partial charge in [0.05, 0.1) is 11.5 Å². The molecule has 1 fully saturated rings. The van der Waals surface area contributed by atoms with E-state index in [1.54, 1.807) is 14.2 Å². The minimum Gasteiger partial charge on any atom is -0.354 e. The number of methoxy groups -OCH3 is 2. The predicted molar refractivity (Wildman–Crippen MR) is 70.2 cm³/mol.